The Morgan fingerprint density at radius 3 is 2.59 bits per heavy atom. The minimum atomic E-state index is -0.624. The highest BCUT2D eigenvalue weighted by atomic mass is 79.9. The van der Waals surface area contributed by atoms with E-state index in [1.54, 1.807) is 18.2 Å². The normalized spacial score (nSPS) is 20.7. The molecule has 1 aromatic rings. The van der Waals surface area contributed by atoms with E-state index in [0.29, 0.717) is 29.0 Å². The topological polar surface area (TPSA) is 78.5 Å². The molecule has 3 rings (SSSR count). The number of hydrogen-bond acceptors (Lipinski definition) is 3. The number of carbonyl (C=O) groups is 3. The van der Waals surface area contributed by atoms with Crippen LogP contribution in [0.2, 0.25) is 0 Å². The van der Waals surface area contributed by atoms with E-state index in [1.807, 2.05) is 24.8 Å². The fourth-order valence-electron chi connectivity index (χ4n) is 3.44. The molecule has 0 spiro atoms. The molecule has 0 unspecified atom stereocenters. The van der Waals surface area contributed by atoms with E-state index >= 15 is 0 Å². The summed E-state index contributed by atoms with van der Waals surface area (Å²) in [5, 5.41) is 5.77. The van der Waals surface area contributed by atoms with E-state index in [-0.39, 0.29) is 29.6 Å². The van der Waals surface area contributed by atoms with Gasteiger partial charge in [-0.1, -0.05) is 26.0 Å². The van der Waals surface area contributed by atoms with Gasteiger partial charge in [-0.05, 0) is 46.8 Å². The van der Waals surface area contributed by atoms with Crippen molar-refractivity contribution in [2.75, 3.05) is 13.1 Å². The lowest BCUT2D eigenvalue weighted by molar-refractivity contribution is -0.128. The maximum Gasteiger partial charge on any atom is 0.253 e. The molecule has 1 heterocycles. The SMILES string of the molecule is CC(C)[C@@H](NC(=O)c1ccccc1Br)C(=O)NC[C@H]1CC(=O)N(C2CC2)C1. The lowest BCUT2D eigenvalue weighted by atomic mass is 10.0. The summed E-state index contributed by atoms with van der Waals surface area (Å²) >= 11 is 3.37. The average Bonchev–Trinajstić information content (AvgIpc) is 3.40. The summed E-state index contributed by atoms with van der Waals surface area (Å²) < 4.78 is 0.690. The van der Waals surface area contributed by atoms with Crippen molar-refractivity contribution in [1.82, 2.24) is 15.5 Å². The molecule has 1 aliphatic carbocycles. The molecule has 1 saturated carbocycles. The third kappa shape index (κ3) is 4.89. The van der Waals surface area contributed by atoms with Crippen molar-refractivity contribution in [1.29, 1.82) is 0 Å². The Kier molecular flexibility index (Phi) is 6.19. The van der Waals surface area contributed by atoms with Gasteiger partial charge < -0.3 is 15.5 Å². The van der Waals surface area contributed by atoms with Crippen molar-refractivity contribution in [2.45, 2.75) is 45.2 Å². The molecule has 0 bridgehead atoms. The van der Waals surface area contributed by atoms with Crippen LogP contribution in [0.3, 0.4) is 0 Å². The maximum atomic E-state index is 12.7. The second kappa shape index (κ2) is 8.42. The van der Waals surface area contributed by atoms with Gasteiger partial charge in [0.2, 0.25) is 11.8 Å². The second-order valence-electron chi connectivity index (χ2n) is 7.77. The molecule has 1 aliphatic heterocycles. The minimum absolute atomic E-state index is 0.0513. The first-order chi connectivity index (χ1) is 12.9. The first kappa shape index (κ1) is 19.9. The quantitative estimate of drug-likeness (QED) is 0.689. The molecule has 1 saturated heterocycles. The van der Waals surface area contributed by atoms with Crippen LogP contribution in [0, 0.1) is 11.8 Å². The van der Waals surface area contributed by atoms with Gasteiger partial charge in [0.05, 0.1) is 5.56 Å². The fourth-order valence-corrected chi connectivity index (χ4v) is 3.90. The van der Waals surface area contributed by atoms with Gasteiger partial charge in [-0.3, -0.25) is 14.4 Å². The van der Waals surface area contributed by atoms with Gasteiger partial charge >= 0.3 is 0 Å². The van der Waals surface area contributed by atoms with Crippen molar-refractivity contribution < 1.29 is 14.4 Å². The highest BCUT2D eigenvalue weighted by Gasteiger charge is 2.39. The summed E-state index contributed by atoms with van der Waals surface area (Å²) in [7, 11) is 0. The molecule has 6 nitrogen and oxygen atoms in total. The van der Waals surface area contributed by atoms with E-state index in [1.165, 1.54) is 0 Å². The van der Waals surface area contributed by atoms with E-state index in [4.69, 9.17) is 0 Å². The molecule has 0 aromatic heterocycles. The van der Waals surface area contributed by atoms with Gasteiger partial charge in [0.25, 0.3) is 5.91 Å². The predicted octanol–water partition coefficient (Wildman–Crippen LogP) is 2.33. The van der Waals surface area contributed by atoms with Crippen LogP contribution in [0.4, 0.5) is 0 Å². The van der Waals surface area contributed by atoms with Crippen molar-refractivity contribution in [2.24, 2.45) is 11.8 Å². The lowest BCUT2D eigenvalue weighted by Gasteiger charge is -2.23. The molecule has 7 heteroatoms. The minimum Gasteiger partial charge on any atom is -0.354 e. The van der Waals surface area contributed by atoms with Crippen LogP contribution >= 0.6 is 15.9 Å². The molecule has 2 aliphatic rings. The number of halogens is 1. The summed E-state index contributed by atoms with van der Waals surface area (Å²) in [5.74, 6) is -0.201. The molecule has 2 fully saturated rings. The van der Waals surface area contributed by atoms with Crippen molar-refractivity contribution in [3.8, 4) is 0 Å². The Labute approximate surface area is 168 Å². The van der Waals surface area contributed by atoms with Crippen LogP contribution in [0.5, 0.6) is 0 Å². The first-order valence-corrected chi connectivity index (χ1v) is 10.3. The average molecular weight is 436 g/mol. The molecule has 27 heavy (non-hydrogen) atoms. The number of hydrogen-bond donors (Lipinski definition) is 2. The third-order valence-electron chi connectivity index (χ3n) is 5.15. The van der Waals surface area contributed by atoms with Gasteiger partial charge in [-0.25, -0.2) is 0 Å². The monoisotopic (exact) mass is 435 g/mol. The molecule has 2 atom stereocenters. The number of likely N-dealkylation sites (tertiary alicyclic amines) is 1. The Bertz CT molecular complexity index is 733. The van der Waals surface area contributed by atoms with E-state index in [9.17, 15) is 14.4 Å². The zero-order chi connectivity index (χ0) is 19.6. The summed E-state index contributed by atoms with van der Waals surface area (Å²) in [6, 6.07) is 6.92. The highest BCUT2D eigenvalue weighted by molar-refractivity contribution is 9.10. The Morgan fingerprint density at radius 1 is 1.26 bits per heavy atom. The van der Waals surface area contributed by atoms with Gasteiger partial charge in [0.15, 0.2) is 0 Å². The van der Waals surface area contributed by atoms with Crippen LogP contribution in [-0.2, 0) is 9.59 Å². The highest BCUT2D eigenvalue weighted by Crippen LogP contribution is 2.32. The summed E-state index contributed by atoms with van der Waals surface area (Å²) in [6.07, 6.45) is 2.69. The molecule has 1 aromatic carbocycles. The van der Waals surface area contributed by atoms with E-state index in [0.717, 1.165) is 19.4 Å². The predicted molar refractivity (Wildman–Crippen MR) is 106 cm³/mol. The molecule has 146 valence electrons. The van der Waals surface area contributed by atoms with Crippen LogP contribution < -0.4 is 10.6 Å². The number of rotatable bonds is 7. The number of amides is 3. The Morgan fingerprint density at radius 2 is 1.96 bits per heavy atom. The summed E-state index contributed by atoms with van der Waals surface area (Å²) in [4.78, 5) is 39.2. The van der Waals surface area contributed by atoms with Gasteiger partial charge in [-0.15, -0.1) is 0 Å². The lowest BCUT2D eigenvalue weighted by Crippen LogP contribution is -2.50. The fraction of sp³-hybridized carbons (Fsp3) is 0.550. The third-order valence-corrected chi connectivity index (χ3v) is 5.84. The Hall–Kier alpha value is -1.89. The van der Waals surface area contributed by atoms with Crippen LogP contribution in [0.1, 0.15) is 43.5 Å². The van der Waals surface area contributed by atoms with Crippen molar-refractivity contribution in [3.63, 3.8) is 0 Å². The number of carbonyl (C=O) groups excluding carboxylic acids is 3. The molecular formula is C20H26BrN3O3. The first-order valence-electron chi connectivity index (χ1n) is 9.49. The molecule has 2 N–H and O–H groups in total. The standard InChI is InChI=1S/C20H26BrN3O3/c1-12(2)18(23-19(26)15-5-3-4-6-16(15)21)20(27)22-10-13-9-17(25)24(11-13)14-7-8-14/h3-6,12-14,18H,7-11H2,1-2H3,(H,22,27)(H,23,26)/t13-,18-/m1/s1. The number of benzene rings is 1. The zero-order valence-electron chi connectivity index (χ0n) is 15.7. The Balaban J connectivity index is 1.55. The smallest absolute Gasteiger partial charge is 0.253 e. The van der Waals surface area contributed by atoms with Gasteiger partial charge in [0.1, 0.15) is 6.04 Å². The van der Waals surface area contributed by atoms with Gasteiger partial charge in [-0.2, -0.15) is 0 Å². The molecular weight excluding hydrogens is 410 g/mol. The van der Waals surface area contributed by atoms with E-state index < -0.39 is 6.04 Å². The van der Waals surface area contributed by atoms with Gasteiger partial charge in [0, 0.05) is 35.9 Å². The van der Waals surface area contributed by atoms with E-state index in [2.05, 4.69) is 26.6 Å². The number of nitrogens with zero attached hydrogens (tertiary/aromatic N) is 1. The largest absolute Gasteiger partial charge is 0.354 e. The number of nitrogens with one attached hydrogen (secondary N) is 2. The van der Waals surface area contributed by atoms with Crippen molar-refractivity contribution >= 4 is 33.7 Å². The molecule has 0 radical (unpaired) electrons. The molecule has 3 amide bonds. The van der Waals surface area contributed by atoms with Crippen LogP contribution in [0.15, 0.2) is 28.7 Å². The maximum absolute atomic E-state index is 12.7. The summed E-state index contributed by atoms with van der Waals surface area (Å²) in [6.45, 7) is 4.98. The zero-order valence-corrected chi connectivity index (χ0v) is 17.3. The van der Waals surface area contributed by atoms with Crippen molar-refractivity contribution in [3.05, 3.63) is 34.3 Å². The van der Waals surface area contributed by atoms with Crippen LogP contribution in [0.25, 0.3) is 0 Å². The summed E-state index contributed by atoms with van der Waals surface area (Å²) in [5.41, 5.74) is 0.498. The second-order valence-corrected chi connectivity index (χ2v) is 8.62. The van der Waals surface area contributed by atoms with Crippen LogP contribution in [-0.4, -0.2) is 47.8 Å².